The molecule has 0 bridgehead atoms. The summed E-state index contributed by atoms with van der Waals surface area (Å²) in [7, 11) is 0. The van der Waals surface area contributed by atoms with E-state index in [-0.39, 0.29) is 6.09 Å². The average molecular weight is 367 g/mol. The van der Waals surface area contributed by atoms with Gasteiger partial charge < -0.3 is 15.0 Å². The fourth-order valence-corrected chi connectivity index (χ4v) is 4.05. The molecule has 1 aliphatic heterocycles. The van der Waals surface area contributed by atoms with Gasteiger partial charge >= 0.3 is 6.09 Å². The molecule has 3 atom stereocenters. The molecule has 1 saturated carbocycles. The minimum absolute atomic E-state index is 0.165. The number of hydrogen-bond donors (Lipinski definition) is 1. The van der Waals surface area contributed by atoms with Crippen LogP contribution in [0.1, 0.15) is 40.0 Å². The molecule has 0 spiro atoms. The fourth-order valence-electron chi connectivity index (χ4n) is 3.95. The van der Waals surface area contributed by atoms with Crippen molar-refractivity contribution in [2.45, 2.75) is 45.6 Å². The maximum Gasteiger partial charge on any atom is 0.410 e. The van der Waals surface area contributed by atoms with E-state index >= 15 is 0 Å². The lowest BCUT2D eigenvalue weighted by molar-refractivity contribution is 0.0277. The predicted molar refractivity (Wildman–Crippen MR) is 97.7 cm³/mol. The Balaban J connectivity index is 1.39. The summed E-state index contributed by atoms with van der Waals surface area (Å²) in [6, 6.07) is 3.58. The Morgan fingerprint density at radius 1 is 1.28 bits per heavy atom. The van der Waals surface area contributed by atoms with E-state index in [9.17, 15) is 4.79 Å². The van der Waals surface area contributed by atoms with Crippen molar-refractivity contribution in [3.8, 4) is 0 Å². The smallest absolute Gasteiger partial charge is 0.410 e. The van der Waals surface area contributed by atoms with Crippen LogP contribution in [-0.2, 0) is 4.74 Å². The van der Waals surface area contributed by atoms with E-state index in [1.807, 2.05) is 31.7 Å². The van der Waals surface area contributed by atoms with Crippen LogP contribution in [0.5, 0.6) is 0 Å². The van der Waals surface area contributed by atoms with Crippen molar-refractivity contribution in [3.05, 3.63) is 17.3 Å². The third kappa shape index (κ3) is 4.97. The van der Waals surface area contributed by atoms with Crippen molar-refractivity contribution in [2.75, 3.05) is 25.0 Å². The first-order chi connectivity index (χ1) is 11.8. The molecule has 138 valence electrons. The van der Waals surface area contributed by atoms with E-state index in [1.54, 1.807) is 6.07 Å². The average Bonchev–Trinajstić information content (AvgIpc) is 3.06. The topological polar surface area (TPSA) is 67.3 Å². The largest absolute Gasteiger partial charge is 0.444 e. The van der Waals surface area contributed by atoms with Gasteiger partial charge in [0.05, 0.1) is 0 Å². The Kier molecular flexibility index (Phi) is 5.37. The zero-order valence-corrected chi connectivity index (χ0v) is 15.9. The summed E-state index contributed by atoms with van der Waals surface area (Å²) < 4.78 is 5.49. The van der Waals surface area contributed by atoms with E-state index in [4.69, 9.17) is 16.3 Å². The highest BCUT2D eigenvalue weighted by Gasteiger charge is 2.42. The molecule has 2 heterocycles. The lowest BCUT2D eigenvalue weighted by atomic mass is 10.0. The minimum atomic E-state index is -0.423. The maximum atomic E-state index is 12.2. The monoisotopic (exact) mass is 366 g/mol. The number of ether oxygens (including phenoxy) is 1. The van der Waals surface area contributed by atoms with Crippen LogP contribution < -0.4 is 5.32 Å². The Morgan fingerprint density at radius 2 is 1.96 bits per heavy atom. The number of carbonyl (C=O) groups excluding carboxylic acids is 1. The van der Waals surface area contributed by atoms with Crippen molar-refractivity contribution in [2.24, 2.45) is 17.8 Å². The van der Waals surface area contributed by atoms with Crippen LogP contribution in [0.15, 0.2) is 12.1 Å². The van der Waals surface area contributed by atoms with E-state index in [2.05, 4.69) is 15.5 Å². The van der Waals surface area contributed by atoms with Crippen LogP contribution >= 0.6 is 11.6 Å². The van der Waals surface area contributed by atoms with Gasteiger partial charge in [0, 0.05) is 19.6 Å². The quantitative estimate of drug-likeness (QED) is 0.877. The third-order valence-corrected chi connectivity index (χ3v) is 5.19. The highest BCUT2D eigenvalue weighted by molar-refractivity contribution is 6.29. The molecule has 3 rings (SSSR count). The Bertz CT molecular complexity index is 588. The molecule has 2 aliphatic rings. The maximum absolute atomic E-state index is 12.2. The van der Waals surface area contributed by atoms with Gasteiger partial charge in [0.2, 0.25) is 0 Å². The number of likely N-dealkylation sites (tertiary alicyclic amines) is 1. The number of halogens is 1. The summed E-state index contributed by atoms with van der Waals surface area (Å²) in [6.45, 7) is 8.30. The van der Waals surface area contributed by atoms with Crippen molar-refractivity contribution in [1.82, 2.24) is 15.1 Å². The molecule has 6 nitrogen and oxygen atoms in total. The van der Waals surface area contributed by atoms with Gasteiger partial charge in [-0.1, -0.05) is 11.6 Å². The summed E-state index contributed by atoms with van der Waals surface area (Å²) in [5, 5.41) is 11.5. The Labute approximate surface area is 154 Å². The van der Waals surface area contributed by atoms with Crippen LogP contribution in [0.25, 0.3) is 0 Å². The van der Waals surface area contributed by atoms with E-state index in [1.165, 1.54) is 12.8 Å². The first-order valence-electron chi connectivity index (χ1n) is 9.01. The van der Waals surface area contributed by atoms with Crippen molar-refractivity contribution >= 4 is 23.5 Å². The van der Waals surface area contributed by atoms with Gasteiger partial charge in [-0.3, -0.25) is 0 Å². The number of aromatic nitrogens is 2. The number of anilines is 1. The third-order valence-electron chi connectivity index (χ3n) is 4.99. The molecular weight excluding hydrogens is 340 g/mol. The molecular formula is C18H27ClN4O2. The van der Waals surface area contributed by atoms with Crippen LogP contribution in [-0.4, -0.2) is 46.4 Å². The molecule has 1 unspecified atom stereocenters. The summed E-state index contributed by atoms with van der Waals surface area (Å²) in [6.07, 6.45) is 3.33. The normalized spacial score (nSPS) is 25.8. The Morgan fingerprint density at radius 3 is 2.52 bits per heavy atom. The van der Waals surface area contributed by atoms with Gasteiger partial charge in [-0.15, -0.1) is 10.2 Å². The first kappa shape index (κ1) is 18.2. The van der Waals surface area contributed by atoms with Gasteiger partial charge in [-0.05, 0) is 69.9 Å². The van der Waals surface area contributed by atoms with Gasteiger partial charge in [0.1, 0.15) is 11.4 Å². The lowest BCUT2D eigenvalue weighted by Crippen LogP contribution is -2.36. The van der Waals surface area contributed by atoms with E-state index in [0.717, 1.165) is 31.9 Å². The number of nitrogens with zero attached hydrogens (tertiary/aromatic N) is 3. The van der Waals surface area contributed by atoms with Gasteiger partial charge in [0.15, 0.2) is 5.15 Å². The molecule has 1 aromatic heterocycles. The first-order valence-corrected chi connectivity index (χ1v) is 9.39. The number of nitrogens with one attached hydrogen (secondary N) is 1. The van der Waals surface area contributed by atoms with E-state index < -0.39 is 5.60 Å². The van der Waals surface area contributed by atoms with Gasteiger partial charge in [0.25, 0.3) is 0 Å². The molecule has 1 amide bonds. The Hall–Kier alpha value is -1.56. The summed E-state index contributed by atoms with van der Waals surface area (Å²) in [4.78, 5) is 14.1. The van der Waals surface area contributed by atoms with Crippen LogP contribution in [0.3, 0.4) is 0 Å². The number of carbonyl (C=O) groups is 1. The summed E-state index contributed by atoms with van der Waals surface area (Å²) >= 11 is 5.73. The molecule has 25 heavy (non-hydrogen) atoms. The van der Waals surface area contributed by atoms with Crippen molar-refractivity contribution in [1.29, 1.82) is 0 Å². The van der Waals surface area contributed by atoms with E-state index in [0.29, 0.717) is 22.9 Å². The van der Waals surface area contributed by atoms with Gasteiger partial charge in [-0.2, -0.15) is 0 Å². The zero-order chi connectivity index (χ0) is 18.0. The second kappa shape index (κ2) is 7.36. The van der Waals surface area contributed by atoms with Crippen molar-refractivity contribution in [3.63, 3.8) is 0 Å². The second-order valence-corrected chi connectivity index (χ2v) is 8.59. The SMILES string of the molecule is CC(C)(C)OC(=O)N1C[C@H]2CC(CCNc3ccc(Cl)nn3)C[C@H]2C1. The predicted octanol–water partition coefficient (Wildman–Crippen LogP) is 3.83. The van der Waals surface area contributed by atoms with Crippen LogP contribution in [0.2, 0.25) is 5.15 Å². The number of hydrogen-bond acceptors (Lipinski definition) is 5. The summed E-state index contributed by atoms with van der Waals surface area (Å²) in [5.74, 6) is 2.71. The van der Waals surface area contributed by atoms with Crippen LogP contribution in [0, 0.1) is 17.8 Å². The summed E-state index contributed by atoms with van der Waals surface area (Å²) in [5.41, 5.74) is -0.423. The van der Waals surface area contributed by atoms with Crippen molar-refractivity contribution < 1.29 is 9.53 Å². The number of rotatable bonds is 4. The minimum Gasteiger partial charge on any atom is -0.444 e. The molecule has 1 aromatic rings. The molecule has 0 aromatic carbocycles. The number of fused-ring (bicyclic) bond motifs is 1. The molecule has 1 aliphatic carbocycles. The molecule has 7 heteroatoms. The second-order valence-electron chi connectivity index (χ2n) is 8.20. The molecule has 1 saturated heterocycles. The molecule has 0 radical (unpaired) electrons. The fraction of sp³-hybridized carbons (Fsp3) is 0.722. The standard InChI is InChI=1S/C18H27ClN4O2/c1-18(2,3)25-17(24)23-10-13-8-12(9-14(13)11-23)6-7-20-16-5-4-15(19)21-22-16/h4-5,12-14H,6-11H2,1-3H3,(H,20,22)/t12?,13-,14+. The molecule has 2 fully saturated rings. The highest BCUT2D eigenvalue weighted by atomic mass is 35.5. The molecule has 1 N–H and O–H groups in total. The van der Waals surface area contributed by atoms with Crippen LogP contribution in [0.4, 0.5) is 10.6 Å². The zero-order valence-electron chi connectivity index (χ0n) is 15.2. The lowest BCUT2D eigenvalue weighted by Gasteiger charge is -2.25. The number of amides is 1. The van der Waals surface area contributed by atoms with Gasteiger partial charge in [-0.25, -0.2) is 4.79 Å². The highest BCUT2D eigenvalue weighted by Crippen LogP contribution is 2.43.